The Labute approximate surface area is 254 Å². The third kappa shape index (κ3) is 7.60. The molecule has 43 heavy (non-hydrogen) atoms. The van der Waals surface area contributed by atoms with Crippen LogP contribution in [0.25, 0.3) is 17.1 Å². The molecule has 0 saturated carbocycles. The second-order valence-corrected chi connectivity index (χ2v) is 10.4. The maximum absolute atomic E-state index is 12.7. The van der Waals surface area contributed by atoms with Gasteiger partial charge in [0.25, 0.3) is 5.91 Å². The van der Waals surface area contributed by atoms with Crippen molar-refractivity contribution in [3.8, 4) is 34.3 Å². The number of hydrogen-bond donors (Lipinski definition) is 1. The van der Waals surface area contributed by atoms with Gasteiger partial charge in [0, 0.05) is 11.3 Å². The average molecular weight is 594 g/mol. The lowest BCUT2D eigenvalue weighted by atomic mass is 10.2. The molecule has 0 radical (unpaired) electrons. The summed E-state index contributed by atoms with van der Waals surface area (Å²) in [5.41, 5.74) is 7.31. The summed E-state index contributed by atoms with van der Waals surface area (Å²) in [5.74, 6) is 2.43. The number of hydrogen-bond acceptors (Lipinski definition) is 8. The van der Waals surface area contributed by atoms with E-state index in [9.17, 15) is 4.79 Å². The Morgan fingerprint density at radius 2 is 1.67 bits per heavy atom. The lowest BCUT2D eigenvalue weighted by Crippen LogP contribution is -2.20. The van der Waals surface area contributed by atoms with Gasteiger partial charge in [-0.15, -0.1) is 10.2 Å². The van der Waals surface area contributed by atoms with E-state index in [2.05, 4.69) is 20.7 Å². The minimum Gasteiger partial charge on any atom is -0.497 e. The van der Waals surface area contributed by atoms with Crippen molar-refractivity contribution < 1.29 is 19.0 Å². The number of methoxy groups -OCH3 is 2. The van der Waals surface area contributed by atoms with Gasteiger partial charge in [-0.05, 0) is 72.6 Å². The van der Waals surface area contributed by atoms with Crippen molar-refractivity contribution in [2.75, 3.05) is 20.0 Å². The summed E-state index contributed by atoms with van der Waals surface area (Å²) < 4.78 is 18.6. The van der Waals surface area contributed by atoms with Gasteiger partial charge < -0.3 is 14.2 Å². The van der Waals surface area contributed by atoms with Crippen LogP contribution in [0.5, 0.6) is 17.2 Å². The highest BCUT2D eigenvalue weighted by Crippen LogP contribution is 2.30. The highest BCUT2D eigenvalue weighted by Gasteiger charge is 2.17. The van der Waals surface area contributed by atoms with E-state index >= 15 is 0 Å². The predicted octanol–water partition coefficient (Wildman–Crippen LogP) is 6.08. The van der Waals surface area contributed by atoms with Gasteiger partial charge >= 0.3 is 0 Å². The van der Waals surface area contributed by atoms with Gasteiger partial charge in [-0.2, -0.15) is 5.10 Å². The Hall–Kier alpha value is -5.09. The smallest absolute Gasteiger partial charge is 0.250 e. The van der Waals surface area contributed by atoms with E-state index in [1.807, 2.05) is 102 Å². The van der Waals surface area contributed by atoms with Crippen molar-refractivity contribution in [2.45, 2.75) is 18.7 Å². The zero-order valence-electron chi connectivity index (χ0n) is 24.1. The van der Waals surface area contributed by atoms with Crippen molar-refractivity contribution in [3.05, 3.63) is 114 Å². The standard InChI is InChI=1S/C33H31N5O4S/c1-23-9-14-27(15-10-23)38-32(26-12-16-28(40-2)17-13-26)36-37-33(38)43-22-31(39)35-34-20-25-11-18-29(30(19-25)41-3)42-21-24-7-5-4-6-8-24/h4-20H,21-22H2,1-3H3,(H,35,39)/b34-20-. The molecule has 0 aliphatic carbocycles. The van der Waals surface area contributed by atoms with E-state index in [0.29, 0.717) is 29.1 Å². The summed E-state index contributed by atoms with van der Waals surface area (Å²) in [7, 11) is 3.21. The Balaban J connectivity index is 1.23. The number of ether oxygens (including phenoxy) is 3. The van der Waals surface area contributed by atoms with Gasteiger partial charge in [0.1, 0.15) is 12.4 Å². The van der Waals surface area contributed by atoms with Crippen LogP contribution in [-0.4, -0.2) is 46.9 Å². The summed E-state index contributed by atoms with van der Waals surface area (Å²) >= 11 is 1.28. The number of aromatic nitrogens is 3. The summed E-state index contributed by atoms with van der Waals surface area (Å²) in [4.78, 5) is 12.7. The number of benzene rings is 4. The van der Waals surface area contributed by atoms with Crippen LogP contribution in [0.2, 0.25) is 0 Å². The lowest BCUT2D eigenvalue weighted by Gasteiger charge is -2.11. The van der Waals surface area contributed by atoms with Crippen LogP contribution in [0, 0.1) is 6.92 Å². The Morgan fingerprint density at radius 1 is 0.907 bits per heavy atom. The van der Waals surface area contributed by atoms with Crippen LogP contribution in [0.1, 0.15) is 16.7 Å². The fourth-order valence-corrected chi connectivity index (χ4v) is 4.92. The summed E-state index contributed by atoms with van der Waals surface area (Å²) in [6.07, 6.45) is 1.56. The summed E-state index contributed by atoms with van der Waals surface area (Å²) in [5, 5.41) is 13.5. The number of rotatable bonds is 12. The predicted molar refractivity (Wildman–Crippen MR) is 168 cm³/mol. The number of amides is 1. The molecular formula is C33H31N5O4S. The average Bonchev–Trinajstić information content (AvgIpc) is 3.48. The van der Waals surface area contributed by atoms with Crippen LogP contribution in [-0.2, 0) is 11.4 Å². The molecule has 0 unspecified atom stereocenters. The minimum atomic E-state index is -0.277. The molecule has 0 spiro atoms. The van der Waals surface area contributed by atoms with E-state index in [4.69, 9.17) is 14.2 Å². The number of nitrogens with zero attached hydrogens (tertiary/aromatic N) is 4. The molecule has 1 amide bonds. The molecule has 0 bridgehead atoms. The Bertz CT molecular complexity index is 1690. The van der Waals surface area contributed by atoms with Crippen molar-refractivity contribution in [1.82, 2.24) is 20.2 Å². The molecule has 5 aromatic rings. The van der Waals surface area contributed by atoms with Crippen molar-refractivity contribution >= 4 is 23.9 Å². The van der Waals surface area contributed by atoms with Crippen LogP contribution in [0.4, 0.5) is 0 Å². The van der Waals surface area contributed by atoms with Gasteiger partial charge in [0.2, 0.25) is 0 Å². The number of thioether (sulfide) groups is 1. The molecule has 1 N–H and O–H groups in total. The summed E-state index contributed by atoms with van der Waals surface area (Å²) in [6.45, 7) is 2.46. The van der Waals surface area contributed by atoms with E-state index in [1.165, 1.54) is 11.8 Å². The van der Waals surface area contributed by atoms with Crippen molar-refractivity contribution in [3.63, 3.8) is 0 Å². The van der Waals surface area contributed by atoms with Gasteiger partial charge in [-0.1, -0.05) is 59.8 Å². The largest absolute Gasteiger partial charge is 0.497 e. The third-order valence-corrected chi connectivity index (χ3v) is 7.36. The van der Waals surface area contributed by atoms with Crippen LogP contribution < -0.4 is 19.6 Å². The number of aryl methyl sites for hydroxylation is 1. The van der Waals surface area contributed by atoms with Crippen LogP contribution in [0.15, 0.2) is 107 Å². The van der Waals surface area contributed by atoms with Gasteiger partial charge in [-0.3, -0.25) is 9.36 Å². The molecule has 0 aliphatic heterocycles. The first-order valence-corrected chi connectivity index (χ1v) is 14.5. The minimum absolute atomic E-state index is 0.0968. The molecular weight excluding hydrogens is 562 g/mol. The van der Waals surface area contributed by atoms with Crippen molar-refractivity contribution in [2.24, 2.45) is 5.10 Å². The van der Waals surface area contributed by atoms with Gasteiger partial charge in [-0.25, -0.2) is 5.43 Å². The zero-order chi connectivity index (χ0) is 30.0. The first-order chi connectivity index (χ1) is 21.0. The summed E-state index contributed by atoms with van der Waals surface area (Å²) in [6, 6.07) is 31.1. The Morgan fingerprint density at radius 3 is 2.40 bits per heavy atom. The maximum Gasteiger partial charge on any atom is 0.250 e. The fourth-order valence-electron chi connectivity index (χ4n) is 4.18. The molecule has 0 aliphatic rings. The molecule has 1 heterocycles. The molecule has 4 aromatic carbocycles. The molecule has 0 atom stereocenters. The maximum atomic E-state index is 12.7. The van der Waals surface area contributed by atoms with E-state index in [1.54, 1.807) is 26.5 Å². The normalized spacial score (nSPS) is 11.0. The molecule has 5 rings (SSSR count). The van der Waals surface area contributed by atoms with Crippen LogP contribution >= 0.6 is 11.8 Å². The molecule has 9 nitrogen and oxygen atoms in total. The topological polar surface area (TPSA) is 99.9 Å². The highest BCUT2D eigenvalue weighted by atomic mass is 32.2. The molecule has 0 fully saturated rings. The van der Waals surface area contributed by atoms with Gasteiger partial charge in [0.15, 0.2) is 22.5 Å². The quantitative estimate of drug-likeness (QED) is 0.106. The van der Waals surface area contributed by atoms with Crippen molar-refractivity contribution in [1.29, 1.82) is 0 Å². The highest BCUT2D eigenvalue weighted by molar-refractivity contribution is 7.99. The number of carbonyl (C=O) groups is 1. The van der Waals surface area contributed by atoms with Crippen LogP contribution in [0.3, 0.4) is 0 Å². The second-order valence-electron chi connectivity index (χ2n) is 9.47. The first-order valence-electron chi connectivity index (χ1n) is 13.5. The molecule has 10 heteroatoms. The molecule has 218 valence electrons. The first kappa shape index (κ1) is 29.4. The monoisotopic (exact) mass is 593 g/mol. The number of nitrogens with one attached hydrogen (secondary N) is 1. The number of carbonyl (C=O) groups excluding carboxylic acids is 1. The van der Waals surface area contributed by atoms with Gasteiger partial charge in [0.05, 0.1) is 26.2 Å². The third-order valence-electron chi connectivity index (χ3n) is 6.43. The second kappa shape index (κ2) is 14.2. The van der Waals surface area contributed by atoms with E-state index < -0.39 is 0 Å². The number of hydrazone groups is 1. The molecule has 1 aromatic heterocycles. The zero-order valence-corrected chi connectivity index (χ0v) is 24.9. The van der Waals surface area contributed by atoms with E-state index in [0.717, 1.165) is 33.7 Å². The lowest BCUT2D eigenvalue weighted by molar-refractivity contribution is -0.118. The molecule has 0 saturated heterocycles. The SMILES string of the molecule is COc1ccc(-c2nnc(SCC(=O)N/N=C\c3ccc(OCc4ccccc4)c(OC)c3)n2-c2ccc(C)cc2)cc1. The van der Waals surface area contributed by atoms with E-state index in [-0.39, 0.29) is 11.7 Å². The fraction of sp³-hybridized carbons (Fsp3) is 0.152. The Kier molecular flexibility index (Phi) is 9.71.